The number of hydrogen-bond acceptors (Lipinski definition) is 3. The number of methoxy groups -OCH3 is 1. The van der Waals surface area contributed by atoms with Crippen molar-refractivity contribution in [1.82, 2.24) is 0 Å². The molecule has 1 aromatic rings. The third-order valence-corrected chi connectivity index (χ3v) is 2.03. The molecule has 0 aliphatic carbocycles. The summed E-state index contributed by atoms with van der Waals surface area (Å²) in [4.78, 5) is 10.8. The number of nitrogen functional groups attached to an aromatic ring is 1. The number of benzene rings is 1. The first-order valence-corrected chi connectivity index (χ1v) is 4.87. The van der Waals surface area contributed by atoms with Crippen molar-refractivity contribution in [2.45, 2.75) is 12.6 Å². The molecule has 1 aromatic carbocycles. The number of rotatable bonds is 1. The first-order valence-electron chi connectivity index (χ1n) is 4.87. The Morgan fingerprint density at radius 1 is 1.44 bits per heavy atom. The maximum Gasteiger partial charge on any atom is 0.417 e. The molecule has 0 saturated carbocycles. The van der Waals surface area contributed by atoms with Crippen molar-refractivity contribution in [3.63, 3.8) is 0 Å². The van der Waals surface area contributed by atoms with E-state index in [1.807, 2.05) is 0 Å². The third-order valence-electron chi connectivity index (χ3n) is 2.03. The Morgan fingerprint density at radius 3 is 2.67 bits per heavy atom. The molecule has 1 rings (SSSR count). The number of esters is 1. The Morgan fingerprint density at radius 2 is 2.11 bits per heavy atom. The molecule has 0 atom stereocenters. The predicted molar refractivity (Wildman–Crippen MR) is 59.4 cm³/mol. The zero-order valence-corrected chi connectivity index (χ0v) is 9.47. The van der Waals surface area contributed by atoms with Crippen LogP contribution >= 0.6 is 0 Å². The molecule has 0 radical (unpaired) electrons. The minimum absolute atomic E-state index is 0.172. The molecule has 3 nitrogen and oxygen atoms in total. The van der Waals surface area contributed by atoms with Crippen molar-refractivity contribution < 1.29 is 22.7 Å². The lowest BCUT2D eigenvalue weighted by atomic mass is 10.1. The summed E-state index contributed by atoms with van der Waals surface area (Å²) in [5.74, 6) is 3.98. The lowest BCUT2D eigenvalue weighted by Gasteiger charge is -2.09. The molecule has 2 N–H and O–H groups in total. The topological polar surface area (TPSA) is 52.3 Å². The van der Waals surface area contributed by atoms with Gasteiger partial charge in [0.1, 0.15) is 6.42 Å². The van der Waals surface area contributed by atoms with E-state index in [9.17, 15) is 18.0 Å². The summed E-state index contributed by atoms with van der Waals surface area (Å²) in [7, 11) is 1.17. The average molecular weight is 257 g/mol. The number of hydrogen-bond donors (Lipinski definition) is 1. The maximum atomic E-state index is 12.6. The van der Waals surface area contributed by atoms with E-state index in [-0.39, 0.29) is 17.7 Å². The lowest BCUT2D eigenvalue weighted by molar-refractivity contribution is -0.139. The zero-order chi connectivity index (χ0) is 13.8. The van der Waals surface area contributed by atoms with Gasteiger partial charge >= 0.3 is 12.1 Å². The molecule has 0 amide bonds. The zero-order valence-electron chi connectivity index (χ0n) is 9.47. The van der Waals surface area contributed by atoms with Crippen LogP contribution in [0, 0.1) is 11.8 Å². The van der Waals surface area contributed by atoms with E-state index in [1.54, 1.807) is 0 Å². The molecular formula is C12H10F3NO2. The lowest BCUT2D eigenvalue weighted by Crippen LogP contribution is -2.08. The first-order chi connectivity index (χ1) is 8.34. The molecule has 0 aromatic heterocycles. The highest BCUT2D eigenvalue weighted by Crippen LogP contribution is 2.32. The molecule has 0 bridgehead atoms. The number of alkyl halides is 3. The molecule has 0 unspecified atom stereocenters. The van der Waals surface area contributed by atoms with E-state index < -0.39 is 17.7 Å². The molecule has 96 valence electrons. The predicted octanol–water partition coefficient (Wildman–Crippen LogP) is 2.20. The second-order valence-corrected chi connectivity index (χ2v) is 3.36. The van der Waals surface area contributed by atoms with Crippen LogP contribution in [0.2, 0.25) is 0 Å². The minimum Gasteiger partial charge on any atom is -0.468 e. The van der Waals surface area contributed by atoms with Crippen LogP contribution in [-0.4, -0.2) is 13.1 Å². The highest BCUT2D eigenvalue weighted by atomic mass is 19.4. The van der Waals surface area contributed by atoms with Gasteiger partial charge in [-0.15, -0.1) is 0 Å². The number of carbonyl (C=O) groups excluding carboxylic acids is 1. The van der Waals surface area contributed by atoms with Crippen LogP contribution in [0.15, 0.2) is 18.2 Å². The van der Waals surface area contributed by atoms with E-state index in [2.05, 4.69) is 16.6 Å². The third kappa shape index (κ3) is 3.70. The number of anilines is 1. The van der Waals surface area contributed by atoms with Gasteiger partial charge in [0.2, 0.25) is 0 Å². The molecule has 0 aliphatic heterocycles. The van der Waals surface area contributed by atoms with Gasteiger partial charge < -0.3 is 10.5 Å². The van der Waals surface area contributed by atoms with E-state index in [0.717, 1.165) is 18.2 Å². The molecule has 0 fully saturated rings. The van der Waals surface area contributed by atoms with Crippen molar-refractivity contribution >= 4 is 11.7 Å². The van der Waals surface area contributed by atoms with E-state index >= 15 is 0 Å². The van der Waals surface area contributed by atoms with Crippen LogP contribution in [0.5, 0.6) is 0 Å². The van der Waals surface area contributed by atoms with Gasteiger partial charge in [-0.3, -0.25) is 4.79 Å². The van der Waals surface area contributed by atoms with Gasteiger partial charge in [-0.1, -0.05) is 11.8 Å². The Bertz CT molecular complexity index is 512. The second-order valence-electron chi connectivity index (χ2n) is 3.36. The normalized spacial score (nSPS) is 10.4. The standard InChI is InChI=1S/C12H10F3NO2/c1-18-11(17)4-2-3-8-7-9(16)5-6-10(8)12(13,14)15/h5-7H,4,16H2,1H3. The smallest absolute Gasteiger partial charge is 0.417 e. The van der Waals surface area contributed by atoms with Gasteiger partial charge in [-0.25, -0.2) is 0 Å². The fourth-order valence-corrected chi connectivity index (χ4v) is 1.20. The molecule has 0 spiro atoms. The van der Waals surface area contributed by atoms with Crippen LogP contribution in [0.3, 0.4) is 0 Å². The average Bonchev–Trinajstić information content (AvgIpc) is 2.27. The van der Waals surface area contributed by atoms with Crippen LogP contribution in [0.4, 0.5) is 18.9 Å². The summed E-state index contributed by atoms with van der Waals surface area (Å²) in [6.45, 7) is 0. The summed E-state index contributed by atoms with van der Waals surface area (Å²) in [6.07, 6.45) is -4.79. The van der Waals surface area contributed by atoms with E-state index in [0.29, 0.717) is 0 Å². The summed E-state index contributed by atoms with van der Waals surface area (Å²) in [6, 6.07) is 3.12. The van der Waals surface area contributed by atoms with Gasteiger partial charge in [0, 0.05) is 11.3 Å². The van der Waals surface area contributed by atoms with Gasteiger partial charge in [0.05, 0.1) is 12.7 Å². The molecule has 0 saturated heterocycles. The van der Waals surface area contributed by atoms with Crippen molar-refractivity contribution in [3.05, 3.63) is 29.3 Å². The quantitative estimate of drug-likeness (QED) is 0.476. The van der Waals surface area contributed by atoms with E-state index in [4.69, 9.17) is 5.73 Å². The fourth-order valence-electron chi connectivity index (χ4n) is 1.20. The van der Waals surface area contributed by atoms with Gasteiger partial charge in [0.25, 0.3) is 0 Å². The molecule has 6 heteroatoms. The molecule has 0 aliphatic rings. The largest absolute Gasteiger partial charge is 0.468 e. The molecule has 0 heterocycles. The number of carbonyl (C=O) groups is 1. The van der Waals surface area contributed by atoms with Crippen molar-refractivity contribution in [3.8, 4) is 11.8 Å². The summed E-state index contributed by atoms with van der Waals surface area (Å²) in [5, 5.41) is 0. The van der Waals surface area contributed by atoms with Gasteiger partial charge in [-0.05, 0) is 18.2 Å². The Labute approximate surface area is 102 Å². The summed E-state index contributed by atoms with van der Waals surface area (Å²) < 4.78 is 42.2. The Kier molecular flexibility index (Phi) is 4.21. The van der Waals surface area contributed by atoms with Gasteiger partial charge in [-0.2, -0.15) is 13.2 Å². The van der Waals surface area contributed by atoms with Crippen LogP contribution in [-0.2, 0) is 15.7 Å². The summed E-state index contributed by atoms with van der Waals surface area (Å²) in [5.41, 5.74) is 4.43. The fraction of sp³-hybridized carbons (Fsp3) is 0.250. The number of halogens is 3. The Balaban J connectivity index is 3.07. The van der Waals surface area contributed by atoms with Crippen molar-refractivity contribution in [2.75, 3.05) is 12.8 Å². The number of ether oxygens (including phenoxy) is 1. The SMILES string of the molecule is COC(=O)CC#Cc1cc(N)ccc1C(F)(F)F. The maximum absolute atomic E-state index is 12.6. The Hall–Kier alpha value is -2.16. The highest BCUT2D eigenvalue weighted by molar-refractivity contribution is 5.72. The van der Waals surface area contributed by atoms with Crippen LogP contribution in [0.1, 0.15) is 17.5 Å². The van der Waals surface area contributed by atoms with Crippen molar-refractivity contribution in [1.29, 1.82) is 0 Å². The molecule has 18 heavy (non-hydrogen) atoms. The molecular weight excluding hydrogens is 247 g/mol. The van der Waals surface area contributed by atoms with E-state index in [1.165, 1.54) is 7.11 Å². The van der Waals surface area contributed by atoms with Crippen molar-refractivity contribution in [2.24, 2.45) is 0 Å². The highest BCUT2D eigenvalue weighted by Gasteiger charge is 2.32. The summed E-state index contributed by atoms with van der Waals surface area (Å²) >= 11 is 0. The monoisotopic (exact) mass is 257 g/mol. The minimum atomic E-state index is -4.51. The van der Waals surface area contributed by atoms with Crippen LogP contribution < -0.4 is 5.73 Å². The first kappa shape index (κ1) is 13.9. The second kappa shape index (κ2) is 5.45. The van der Waals surface area contributed by atoms with Crippen LogP contribution in [0.25, 0.3) is 0 Å². The number of nitrogens with two attached hydrogens (primary N) is 1. The van der Waals surface area contributed by atoms with Gasteiger partial charge in [0.15, 0.2) is 0 Å².